The average molecular weight is 795 g/mol. The van der Waals surface area contributed by atoms with Gasteiger partial charge in [0, 0.05) is 65.5 Å². The predicted octanol–water partition coefficient (Wildman–Crippen LogP) is 14.2. The van der Waals surface area contributed by atoms with Crippen molar-refractivity contribution in [1.82, 2.24) is 0 Å². The fourth-order valence-corrected chi connectivity index (χ4v) is 12.2. The number of unbranched alkanes of at least 4 members (excludes halogenated alkanes) is 5. The Hall–Kier alpha value is -4.56. The average Bonchev–Trinajstić information content (AvgIpc) is 3.29. The Bertz CT molecular complexity index is 2590. The minimum atomic E-state index is -0.0728. The molecule has 5 heterocycles. The number of rotatable bonds is 13. The van der Waals surface area contributed by atoms with Crippen molar-refractivity contribution in [2.75, 3.05) is 0 Å². The lowest BCUT2D eigenvalue weighted by atomic mass is 9.68. The van der Waals surface area contributed by atoms with Gasteiger partial charge in [0.1, 0.15) is 7.05 Å². The summed E-state index contributed by atoms with van der Waals surface area (Å²) >= 11 is 0. The van der Waals surface area contributed by atoms with Gasteiger partial charge < -0.3 is 0 Å². The Balaban J connectivity index is 1.26. The summed E-state index contributed by atoms with van der Waals surface area (Å²) in [5.74, 6) is 0.859. The molecule has 4 unspecified atom stereocenters. The van der Waals surface area contributed by atoms with Gasteiger partial charge in [0.2, 0.25) is 16.9 Å². The minimum absolute atomic E-state index is 0.0177. The largest absolute Gasteiger partial charge is 0.213 e. The Labute approximate surface area is 362 Å². The summed E-state index contributed by atoms with van der Waals surface area (Å²) in [5.41, 5.74) is 20.4. The molecule has 0 amide bonds. The number of fused-ring (bicyclic) bond motifs is 6. The van der Waals surface area contributed by atoms with Crippen LogP contribution in [0.15, 0.2) is 103 Å². The van der Waals surface area contributed by atoms with Crippen LogP contribution in [0.3, 0.4) is 0 Å². The third-order valence-corrected chi connectivity index (χ3v) is 15.5. The Morgan fingerprint density at radius 3 is 2.32 bits per heavy atom. The lowest BCUT2D eigenvalue weighted by Gasteiger charge is -2.35. The second-order valence-corrected chi connectivity index (χ2v) is 20.9. The number of hydrogen-bond donors (Lipinski definition) is 0. The summed E-state index contributed by atoms with van der Waals surface area (Å²) < 4.78 is 5.14. The highest BCUT2D eigenvalue weighted by Crippen LogP contribution is 2.57. The van der Waals surface area contributed by atoms with E-state index in [0.717, 1.165) is 32.1 Å². The molecule has 10 rings (SSSR count). The number of benzene rings is 4. The molecule has 4 bridgehead atoms. The van der Waals surface area contributed by atoms with E-state index in [2.05, 4.69) is 175 Å². The van der Waals surface area contributed by atoms with Crippen molar-refractivity contribution in [3.05, 3.63) is 142 Å². The van der Waals surface area contributed by atoms with E-state index in [-0.39, 0.29) is 16.4 Å². The third-order valence-electron chi connectivity index (χ3n) is 15.5. The highest BCUT2D eigenvalue weighted by Gasteiger charge is 2.51. The van der Waals surface area contributed by atoms with Gasteiger partial charge in [0.25, 0.3) is 0 Å². The van der Waals surface area contributed by atoms with Crippen LogP contribution in [-0.4, -0.2) is 0 Å². The molecule has 1 aliphatic carbocycles. The second kappa shape index (κ2) is 15.7. The fourth-order valence-electron chi connectivity index (χ4n) is 12.2. The van der Waals surface area contributed by atoms with Gasteiger partial charge in [0.05, 0.1) is 0 Å². The normalized spacial score (nSPS) is 20.5. The van der Waals surface area contributed by atoms with E-state index in [0.29, 0.717) is 11.8 Å². The van der Waals surface area contributed by atoms with E-state index in [1.165, 1.54) is 117 Å². The van der Waals surface area contributed by atoms with Gasteiger partial charge in [-0.15, -0.1) is 0 Å². The number of aromatic nitrogens is 2. The molecule has 2 aromatic heterocycles. The van der Waals surface area contributed by atoms with Crippen LogP contribution in [0.1, 0.15) is 151 Å². The van der Waals surface area contributed by atoms with Gasteiger partial charge >= 0.3 is 0 Å². The summed E-state index contributed by atoms with van der Waals surface area (Å²) in [6.45, 7) is 19.4. The Kier molecular flexibility index (Phi) is 10.7. The summed E-state index contributed by atoms with van der Waals surface area (Å²) in [7, 11) is 2.19. The fraction of sp³-hybridized carbons (Fsp3) is 0.448. The van der Waals surface area contributed by atoms with Gasteiger partial charge in [0.15, 0.2) is 11.7 Å². The first-order chi connectivity index (χ1) is 28.8. The molecule has 6 aromatic rings. The van der Waals surface area contributed by atoms with Gasteiger partial charge in [-0.2, -0.15) is 4.57 Å². The van der Waals surface area contributed by atoms with Crippen LogP contribution in [-0.2, 0) is 37.3 Å². The molecule has 310 valence electrons. The zero-order chi connectivity index (χ0) is 42.0. The van der Waals surface area contributed by atoms with Gasteiger partial charge in [-0.25, -0.2) is 4.57 Å². The van der Waals surface area contributed by atoms with Gasteiger partial charge in [-0.3, -0.25) is 0 Å². The highest BCUT2D eigenvalue weighted by atomic mass is 15.1. The van der Waals surface area contributed by atoms with Crippen molar-refractivity contribution in [2.24, 2.45) is 18.4 Å². The monoisotopic (exact) mass is 795 g/mol. The van der Waals surface area contributed by atoms with Crippen LogP contribution in [0.2, 0.25) is 0 Å². The Morgan fingerprint density at radius 2 is 1.53 bits per heavy atom. The van der Waals surface area contributed by atoms with Crippen LogP contribution in [0.4, 0.5) is 0 Å². The molecule has 0 spiro atoms. The maximum absolute atomic E-state index is 2.84. The van der Waals surface area contributed by atoms with E-state index >= 15 is 0 Å². The van der Waals surface area contributed by atoms with Crippen molar-refractivity contribution < 1.29 is 9.13 Å². The molecule has 2 nitrogen and oxygen atoms in total. The molecule has 2 heteroatoms. The van der Waals surface area contributed by atoms with E-state index in [9.17, 15) is 0 Å². The summed E-state index contributed by atoms with van der Waals surface area (Å²) in [6, 6.07) is 39.2. The molecule has 0 fully saturated rings. The third kappa shape index (κ3) is 7.04. The summed E-state index contributed by atoms with van der Waals surface area (Å²) in [6.07, 6.45) is 16.9. The smallest absolute Gasteiger partial charge is 0.201 e. The van der Waals surface area contributed by atoms with E-state index < -0.39 is 0 Å². The van der Waals surface area contributed by atoms with Crippen LogP contribution in [0, 0.1) is 18.3 Å². The lowest BCUT2D eigenvalue weighted by molar-refractivity contribution is -0.733. The molecule has 0 saturated heterocycles. The topological polar surface area (TPSA) is 7.76 Å². The quantitative estimate of drug-likeness (QED) is 0.0813. The lowest BCUT2D eigenvalue weighted by Crippen LogP contribution is -2.58. The Morgan fingerprint density at radius 1 is 0.750 bits per heavy atom. The second-order valence-electron chi connectivity index (χ2n) is 20.9. The predicted molar refractivity (Wildman–Crippen MR) is 253 cm³/mol. The zero-order valence-corrected chi connectivity index (χ0v) is 38.3. The number of pyridine rings is 2. The molecule has 0 N–H and O–H groups in total. The van der Waals surface area contributed by atoms with Crippen molar-refractivity contribution in [3.8, 4) is 33.6 Å². The first-order valence-corrected chi connectivity index (χ1v) is 23.7. The van der Waals surface area contributed by atoms with E-state index in [1.54, 1.807) is 11.1 Å². The van der Waals surface area contributed by atoms with Crippen LogP contribution in [0.25, 0.3) is 44.5 Å². The number of hydrogen-bond acceptors (Lipinski definition) is 0. The molecule has 4 aromatic carbocycles. The van der Waals surface area contributed by atoms with Crippen LogP contribution in [0.5, 0.6) is 0 Å². The SMILES string of the molecule is CCCCCCCCC(C)C1(C)c2cc(CC(C)(C)C)ccc2-c2cc3c(cc21)-c1ccc2cc4ccc2[n+]1C(CC)(C4)CC3Cc1cc(C)ccc1-c1cccc[n+]1C. The van der Waals surface area contributed by atoms with Crippen LogP contribution >= 0.6 is 0 Å². The van der Waals surface area contributed by atoms with Gasteiger partial charge in [-0.05, 0) is 124 Å². The molecule has 60 heavy (non-hydrogen) atoms. The molecule has 4 aliphatic rings. The molecule has 0 radical (unpaired) electrons. The summed E-state index contributed by atoms with van der Waals surface area (Å²) in [5, 5.41) is 1.38. The van der Waals surface area contributed by atoms with Gasteiger partial charge in [-0.1, -0.05) is 129 Å². The maximum Gasteiger partial charge on any atom is 0.213 e. The zero-order valence-electron chi connectivity index (χ0n) is 38.3. The maximum atomic E-state index is 2.84. The number of aryl methyl sites for hydroxylation is 2. The first kappa shape index (κ1) is 40.8. The van der Waals surface area contributed by atoms with Crippen molar-refractivity contribution in [2.45, 2.75) is 149 Å². The van der Waals surface area contributed by atoms with Crippen molar-refractivity contribution >= 4 is 10.9 Å². The van der Waals surface area contributed by atoms with Crippen molar-refractivity contribution in [1.29, 1.82) is 0 Å². The van der Waals surface area contributed by atoms with E-state index in [1.807, 2.05) is 0 Å². The van der Waals surface area contributed by atoms with Crippen LogP contribution < -0.4 is 9.13 Å². The minimum Gasteiger partial charge on any atom is -0.201 e. The van der Waals surface area contributed by atoms with E-state index in [4.69, 9.17) is 0 Å². The molecular formula is C58H70N2+2. The number of nitrogens with zero attached hydrogens (tertiary/aromatic N) is 2. The highest BCUT2D eigenvalue weighted by molar-refractivity contribution is 5.87. The molecule has 0 saturated carbocycles. The molecule has 3 aliphatic heterocycles. The molecule has 4 atom stereocenters. The first-order valence-electron chi connectivity index (χ1n) is 23.7. The summed E-state index contributed by atoms with van der Waals surface area (Å²) in [4.78, 5) is 0. The van der Waals surface area contributed by atoms with Crippen molar-refractivity contribution in [3.63, 3.8) is 0 Å². The molecular weight excluding hydrogens is 725 g/mol. The standard InChI is InChI=1S/C58H70N2/c1-10-12-13-14-15-16-19-40(4)57(8)51-32-42(36-56(5,6)7)22-26-47(51)49-34-48-45(33-44-30-39(3)21-25-46(44)54-20-17-18-29-59(54)9)38-58(11-2)37-41-23-27-53-43(31-41)24-28-55(60(53)58)50(48)35-52(49)57/h17-18,20-32,34-35,40,45H,10-16,19,33,36-38H2,1-9H3/q+2.